The van der Waals surface area contributed by atoms with Crippen LogP contribution >= 0.6 is 0 Å². The molecular formula is C25H45NO. The van der Waals surface area contributed by atoms with Gasteiger partial charge in [-0.25, -0.2) is 0 Å². The van der Waals surface area contributed by atoms with Crippen molar-refractivity contribution in [3.63, 3.8) is 0 Å². The molecule has 1 aliphatic heterocycles. The third kappa shape index (κ3) is 3.89. The van der Waals surface area contributed by atoms with Crippen molar-refractivity contribution in [2.75, 3.05) is 13.1 Å². The molecule has 2 aliphatic carbocycles. The number of hydrogen-bond donors (Lipinski definition) is 0. The number of piperidine rings is 1. The fourth-order valence-electron chi connectivity index (χ4n) is 6.91. The van der Waals surface area contributed by atoms with Gasteiger partial charge in [0.1, 0.15) is 0 Å². The molecule has 0 bridgehead atoms. The molecule has 156 valence electrons. The molecule has 0 radical (unpaired) electrons. The van der Waals surface area contributed by atoms with Gasteiger partial charge in [-0.05, 0) is 80.7 Å². The summed E-state index contributed by atoms with van der Waals surface area (Å²) in [5.41, 5.74) is 0.136. The lowest BCUT2D eigenvalue weighted by Gasteiger charge is -2.53. The Morgan fingerprint density at radius 2 is 1.67 bits per heavy atom. The molecule has 1 saturated heterocycles. The van der Waals surface area contributed by atoms with Gasteiger partial charge in [0, 0.05) is 5.41 Å². The first-order valence-electron chi connectivity index (χ1n) is 12.0. The van der Waals surface area contributed by atoms with Gasteiger partial charge in [0.05, 0.1) is 6.04 Å². The van der Waals surface area contributed by atoms with Gasteiger partial charge >= 0.3 is 0 Å². The van der Waals surface area contributed by atoms with Crippen molar-refractivity contribution in [1.82, 2.24) is 4.90 Å². The summed E-state index contributed by atoms with van der Waals surface area (Å²) in [4.78, 5) is 16.3. The second-order valence-corrected chi connectivity index (χ2v) is 11.3. The molecule has 0 amide bonds. The quantitative estimate of drug-likeness (QED) is 0.540. The Morgan fingerprint density at radius 1 is 1.00 bits per heavy atom. The van der Waals surface area contributed by atoms with E-state index in [2.05, 4.69) is 46.4 Å². The maximum absolute atomic E-state index is 13.7. The smallest absolute Gasteiger partial charge is 0.156 e. The number of nitrogens with zero attached hydrogens (tertiary/aromatic N) is 1. The lowest BCUT2D eigenvalue weighted by molar-refractivity contribution is -0.149. The van der Waals surface area contributed by atoms with Gasteiger partial charge < -0.3 is 0 Å². The van der Waals surface area contributed by atoms with Crippen molar-refractivity contribution in [2.45, 2.75) is 105 Å². The Balaban J connectivity index is 1.68. The Kier molecular flexibility index (Phi) is 6.46. The number of rotatable bonds is 6. The highest BCUT2D eigenvalue weighted by Gasteiger charge is 2.62. The third-order valence-corrected chi connectivity index (χ3v) is 9.20. The zero-order valence-electron chi connectivity index (χ0n) is 19.0. The second kappa shape index (κ2) is 8.17. The van der Waals surface area contributed by atoms with Gasteiger partial charge in [-0.3, -0.25) is 9.69 Å². The molecule has 2 nitrogen and oxygen atoms in total. The summed E-state index contributed by atoms with van der Waals surface area (Å²) in [6.07, 6.45) is 11.3. The highest BCUT2D eigenvalue weighted by molar-refractivity contribution is 5.91. The van der Waals surface area contributed by atoms with Crippen LogP contribution in [0.15, 0.2) is 0 Å². The molecule has 0 aromatic heterocycles. The van der Waals surface area contributed by atoms with Gasteiger partial charge in [0.15, 0.2) is 5.78 Å². The third-order valence-electron chi connectivity index (χ3n) is 9.20. The number of hydrogen-bond acceptors (Lipinski definition) is 2. The summed E-state index contributed by atoms with van der Waals surface area (Å²) in [5, 5.41) is 0. The molecule has 1 heterocycles. The summed E-state index contributed by atoms with van der Waals surface area (Å²) in [5.74, 6) is 3.74. The van der Waals surface area contributed by atoms with Crippen LogP contribution in [0.1, 0.15) is 99.3 Å². The normalized spacial score (nSPS) is 39.7. The Labute approximate surface area is 168 Å². The molecule has 5 atom stereocenters. The molecule has 3 rings (SSSR count). The van der Waals surface area contributed by atoms with Crippen LogP contribution in [-0.4, -0.2) is 29.8 Å². The van der Waals surface area contributed by atoms with E-state index in [9.17, 15) is 4.79 Å². The topological polar surface area (TPSA) is 20.3 Å². The molecule has 27 heavy (non-hydrogen) atoms. The average molecular weight is 376 g/mol. The Morgan fingerprint density at radius 3 is 2.30 bits per heavy atom. The maximum Gasteiger partial charge on any atom is 0.156 e. The summed E-state index contributed by atoms with van der Waals surface area (Å²) < 4.78 is 0. The van der Waals surface area contributed by atoms with Crippen LogP contribution < -0.4 is 0 Å². The lowest BCUT2D eigenvalue weighted by Crippen LogP contribution is -2.58. The van der Waals surface area contributed by atoms with Gasteiger partial charge in [0.2, 0.25) is 0 Å². The van der Waals surface area contributed by atoms with E-state index < -0.39 is 0 Å². The van der Waals surface area contributed by atoms with Crippen LogP contribution in [0.2, 0.25) is 0 Å². The summed E-state index contributed by atoms with van der Waals surface area (Å²) in [6, 6.07) is 0.213. The molecule has 0 spiro atoms. The highest BCUT2D eigenvalue weighted by Crippen LogP contribution is 2.64. The van der Waals surface area contributed by atoms with Crippen molar-refractivity contribution in [3.05, 3.63) is 0 Å². The van der Waals surface area contributed by atoms with E-state index in [1.807, 2.05) is 0 Å². The van der Waals surface area contributed by atoms with Gasteiger partial charge in [0.25, 0.3) is 0 Å². The minimum absolute atomic E-state index is 0.0873. The van der Waals surface area contributed by atoms with Gasteiger partial charge in [-0.1, -0.05) is 60.8 Å². The second-order valence-electron chi connectivity index (χ2n) is 11.3. The first kappa shape index (κ1) is 21.3. The van der Waals surface area contributed by atoms with Crippen molar-refractivity contribution < 1.29 is 4.79 Å². The van der Waals surface area contributed by atoms with E-state index in [0.29, 0.717) is 5.78 Å². The van der Waals surface area contributed by atoms with E-state index in [1.54, 1.807) is 0 Å². The maximum atomic E-state index is 13.7. The summed E-state index contributed by atoms with van der Waals surface area (Å²) >= 11 is 0. The number of carbonyl (C=O) groups excluding carboxylic acids is 1. The molecule has 3 aliphatic rings. The number of ketones is 1. The SMILES string of the molecule is CC(C)CCC[C@@H](C)[C@H]1CC[C@@]2(C)C(=O)[C@@H](N3CCC(C)CC3)CC[C@]12C. The van der Waals surface area contributed by atoms with Crippen LogP contribution in [0, 0.1) is 34.5 Å². The lowest BCUT2D eigenvalue weighted by atomic mass is 9.53. The predicted molar refractivity (Wildman–Crippen MR) is 115 cm³/mol. The standard InChI is InChI=1S/C25H45NO/c1-18(2)8-7-9-20(4)21-10-14-25(6)23(27)22(11-15-24(21,25)5)26-16-12-19(3)13-17-26/h18-22H,7-17H2,1-6H3/t20-,21-,22+,24-,25+/m1/s1. The minimum Gasteiger partial charge on any atom is -0.297 e. The van der Waals surface area contributed by atoms with Crippen LogP contribution in [0.3, 0.4) is 0 Å². The number of carbonyl (C=O) groups is 1. The van der Waals surface area contributed by atoms with Crippen LogP contribution in [0.5, 0.6) is 0 Å². The molecule has 3 fully saturated rings. The van der Waals surface area contributed by atoms with Crippen molar-refractivity contribution in [1.29, 1.82) is 0 Å². The molecule has 0 aromatic carbocycles. The zero-order chi connectivity index (χ0) is 19.8. The molecule has 0 aromatic rings. The van der Waals surface area contributed by atoms with Gasteiger partial charge in [-0.15, -0.1) is 0 Å². The van der Waals surface area contributed by atoms with E-state index in [-0.39, 0.29) is 16.9 Å². The largest absolute Gasteiger partial charge is 0.297 e. The first-order valence-corrected chi connectivity index (χ1v) is 12.0. The molecule has 2 heteroatoms. The number of Topliss-reactive ketones (excluding diaryl/α,β-unsaturated/α-hetero) is 1. The van der Waals surface area contributed by atoms with Crippen LogP contribution in [0.4, 0.5) is 0 Å². The van der Waals surface area contributed by atoms with E-state index in [1.165, 1.54) is 44.9 Å². The molecule has 2 saturated carbocycles. The fourth-order valence-corrected chi connectivity index (χ4v) is 6.91. The summed E-state index contributed by atoms with van der Waals surface area (Å²) in [6.45, 7) is 16.6. The molecule has 0 unspecified atom stereocenters. The fraction of sp³-hybridized carbons (Fsp3) is 0.960. The Bertz CT molecular complexity index is 520. The van der Waals surface area contributed by atoms with Crippen LogP contribution in [-0.2, 0) is 4.79 Å². The molecular weight excluding hydrogens is 330 g/mol. The minimum atomic E-state index is -0.0873. The average Bonchev–Trinajstić information content (AvgIpc) is 2.89. The van der Waals surface area contributed by atoms with Crippen molar-refractivity contribution >= 4 is 5.78 Å². The van der Waals surface area contributed by atoms with E-state index in [0.717, 1.165) is 49.6 Å². The van der Waals surface area contributed by atoms with Gasteiger partial charge in [-0.2, -0.15) is 0 Å². The number of fused-ring (bicyclic) bond motifs is 1. The van der Waals surface area contributed by atoms with Crippen molar-refractivity contribution in [2.24, 2.45) is 34.5 Å². The van der Waals surface area contributed by atoms with Crippen LogP contribution in [0.25, 0.3) is 0 Å². The highest BCUT2D eigenvalue weighted by atomic mass is 16.1. The Hall–Kier alpha value is -0.370. The number of likely N-dealkylation sites (tertiary alicyclic amines) is 1. The van der Waals surface area contributed by atoms with E-state index in [4.69, 9.17) is 0 Å². The predicted octanol–water partition coefficient (Wildman–Crippen LogP) is 6.33. The monoisotopic (exact) mass is 375 g/mol. The molecule has 0 N–H and O–H groups in total. The van der Waals surface area contributed by atoms with E-state index >= 15 is 0 Å². The first-order chi connectivity index (χ1) is 12.7. The van der Waals surface area contributed by atoms with Crippen molar-refractivity contribution in [3.8, 4) is 0 Å². The zero-order valence-corrected chi connectivity index (χ0v) is 19.0. The summed E-state index contributed by atoms with van der Waals surface area (Å²) in [7, 11) is 0.